The third kappa shape index (κ3) is 2.48. The van der Waals surface area contributed by atoms with E-state index in [1.54, 1.807) is 0 Å². The molecule has 1 rings (SSSR count). The molecular formula is C9H18N2O. The number of nitrogens with one attached hydrogen (secondary N) is 1. The molecule has 3 nitrogen and oxygen atoms in total. The molecule has 70 valence electrons. The van der Waals surface area contributed by atoms with Crippen molar-refractivity contribution in [2.45, 2.75) is 32.8 Å². The number of hydrogen-bond donors (Lipinski definition) is 1. The van der Waals surface area contributed by atoms with Gasteiger partial charge in [-0.2, -0.15) is 0 Å². The second-order valence-corrected chi connectivity index (χ2v) is 3.29. The van der Waals surface area contributed by atoms with E-state index in [4.69, 9.17) is 10.1 Å². The molecule has 0 bridgehead atoms. The molecule has 1 heterocycles. The predicted octanol–water partition coefficient (Wildman–Crippen LogP) is 1.48. The van der Waals surface area contributed by atoms with Gasteiger partial charge in [0.15, 0.2) is 0 Å². The Hall–Kier alpha value is -0.570. The van der Waals surface area contributed by atoms with Crippen molar-refractivity contribution in [3.8, 4) is 0 Å². The van der Waals surface area contributed by atoms with E-state index in [2.05, 4.69) is 11.8 Å². The van der Waals surface area contributed by atoms with Gasteiger partial charge in [0.2, 0.25) is 0 Å². The van der Waals surface area contributed by atoms with E-state index in [1.165, 1.54) is 0 Å². The van der Waals surface area contributed by atoms with Crippen molar-refractivity contribution in [2.75, 3.05) is 19.7 Å². The van der Waals surface area contributed by atoms with Crippen LogP contribution in [0.2, 0.25) is 0 Å². The monoisotopic (exact) mass is 170 g/mol. The largest absolute Gasteiger partial charge is 0.376 e. The predicted molar refractivity (Wildman–Crippen MR) is 49.6 cm³/mol. The summed E-state index contributed by atoms with van der Waals surface area (Å²) in [6, 6.07) is 0. The lowest BCUT2D eigenvalue weighted by Crippen LogP contribution is -2.34. The average molecular weight is 170 g/mol. The Balaban J connectivity index is 2.47. The molecule has 0 spiro atoms. The summed E-state index contributed by atoms with van der Waals surface area (Å²) in [6.07, 6.45) is 2.42. The zero-order valence-electron chi connectivity index (χ0n) is 7.97. The molecule has 12 heavy (non-hydrogen) atoms. The molecule has 0 aliphatic carbocycles. The molecular weight excluding hydrogens is 152 g/mol. The normalized spacial score (nSPS) is 25.2. The van der Waals surface area contributed by atoms with Crippen molar-refractivity contribution in [3.63, 3.8) is 0 Å². The number of ether oxygens (including phenoxy) is 1. The second-order valence-electron chi connectivity index (χ2n) is 3.29. The summed E-state index contributed by atoms with van der Waals surface area (Å²) in [7, 11) is 0. The lowest BCUT2D eigenvalue weighted by Gasteiger charge is -2.23. The maximum absolute atomic E-state index is 7.52. The Bertz CT molecular complexity index is 159. The van der Waals surface area contributed by atoms with E-state index in [0.717, 1.165) is 32.5 Å². The van der Waals surface area contributed by atoms with Gasteiger partial charge in [-0.25, -0.2) is 0 Å². The highest BCUT2D eigenvalue weighted by molar-refractivity contribution is 5.76. The maximum Gasteiger partial charge on any atom is 0.0926 e. The lowest BCUT2D eigenvalue weighted by atomic mass is 10.2. The van der Waals surface area contributed by atoms with Crippen LogP contribution >= 0.6 is 0 Å². The highest BCUT2D eigenvalue weighted by Crippen LogP contribution is 2.08. The molecule has 0 amide bonds. The number of nitrogens with zero attached hydrogens (tertiary/aromatic N) is 1. The lowest BCUT2D eigenvalue weighted by molar-refractivity contribution is 0.0583. The molecule has 1 fully saturated rings. The van der Waals surface area contributed by atoms with Gasteiger partial charge in [0, 0.05) is 19.7 Å². The van der Waals surface area contributed by atoms with Crippen LogP contribution in [-0.2, 0) is 4.74 Å². The first-order valence-electron chi connectivity index (χ1n) is 4.65. The summed E-state index contributed by atoms with van der Waals surface area (Å²) in [5.74, 6) is 0.666. The van der Waals surface area contributed by atoms with Gasteiger partial charge in [0.1, 0.15) is 0 Å². The molecule has 0 radical (unpaired) electrons. The summed E-state index contributed by atoms with van der Waals surface area (Å²) in [5.41, 5.74) is 0. The molecule has 0 saturated carbocycles. The van der Waals surface area contributed by atoms with Crippen LogP contribution < -0.4 is 0 Å². The fourth-order valence-electron chi connectivity index (χ4n) is 1.45. The van der Waals surface area contributed by atoms with Gasteiger partial charge >= 0.3 is 0 Å². The molecule has 0 aromatic heterocycles. The highest BCUT2D eigenvalue weighted by Gasteiger charge is 2.16. The molecule has 0 aromatic rings. The minimum Gasteiger partial charge on any atom is -0.376 e. The Kier molecular flexibility index (Phi) is 3.53. The van der Waals surface area contributed by atoms with Crippen LogP contribution in [0.15, 0.2) is 0 Å². The van der Waals surface area contributed by atoms with Crippen LogP contribution in [-0.4, -0.2) is 36.5 Å². The molecule has 1 atom stereocenters. The van der Waals surface area contributed by atoms with E-state index < -0.39 is 0 Å². The van der Waals surface area contributed by atoms with Crippen LogP contribution in [0.4, 0.5) is 0 Å². The van der Waals surface area contributed by atoms with Crippen molar-refractivity contribution < 1.29 is 4.74 Å². The fraction of sp³-hybridized carbons (Fsp3) is 0.889. The van der Waals surface area contributed by atoms with Crippen LogP contribution in [0.3, 0.4) is 0 Å². The van der Waals surface area contributed by atoms with Gasteiger partial charge < -0.3 is 9.64 Å². The minimum absolute atomic E-state index is 0.327. The first kappa shape index (κ1) is 9.52. The summed E-state index contributed by atoms with van der Waals surface area (Å²) in [6.45, 7) is 6.70. The van der Waals surface area contributed by atoms with Crippen molar-refractivity contribution >= 4 is 5.84 Å². The first-order chi connectivity index (χ1) is 5.74. The average Bonchev–Trinajstić information content (AvgIpc) is 2.28. The zero-order chi connectivity index (χ0) is 8.97. The fourth-order valence-corrected chi connectivity index (χ4v) is 1.45. The van der Waals surface area contributed by atoms with E-state index in [0.29, 0.717) is 11.9 Å². The number of rotatable bonds is 1. The van der Waals surface area contributed by atoms with E-state index in [-0.39, 0.29) is 0 Å². The Morgan fingerprint density at radius 3 is 3.00 bits per heavy atom. The topological polar surface area (TPSA) is 36.3 Å². The zero-order valence-corrected chi connectivity index (χ0v) is 7.97. The van der Waals surface area contributed by atoms with Crippen molar-refractivity contribution in [3.05, 3.63) is 0 Å². The van der Waals surface area contributed by atoms with Gasteiger partial charge in [-0.05, 0) is 19.8 Å². The van der Waals surface area contributed by atoms with Crippen molar-refractivity contribution in [2.24, 2.45) is 0 Å². The third-order valence-corrected chi connectivity index (χ3v) is 2.28. The Morgan fingerprint density at radius 1 is 1.67 bits per heavy atom. The standard InChI is InChI=1S/C9H18N2O/c1-3-9-7-11(8(2)10)5-4-6-12-9/h9-10H,3-7H2,1-2H3. The second kappa shape index (κ2) is 4.45. The molecule has 1 N–H and O–H groups in total. The molecule has 1 aliphatic heterocycles. The summed E-state index contributed by atoms with van der Waals surface area (Å²) < 4.78 is 5.59. The van der Waals surface area contributed by atoms with E-state index >= 15 is 0 Å². The quantitative estimate of drug-likeness (QED) is 0.478. The van der Waals surface area contributed by atoms with Gasteiger partial charge in [-0.1, -0.05) is 6.92 Å². The van der Waals surface area contributed by atoms with E-state index in [9.17, 15) is 0 Å². The van der Waals surface area contributed by atoms with Gasteiger partial charge in [0.25, 0.3) is 0 Å². The summed E-state index contributed by atoms with van der Waals surface area (Å²) in [5, 5.41) is 7.52. The van der Waals surface area contributed by atoms with Crippen LogP contribution in [0.5, 0.6) is 0 Å². The van der Waals surface area contributed by atoms with Crippen LogP contribution in [0.1, 0.15) is 26.7 Å². The molecule has 1 aliphatic rings. The first-order valence-corrected chi connectivity index (χ1v) is 4.65. The van der Waals surface area contributed by atoms with E-state index in [1.807, 2.05) is 6.92 Å². The third-order valence-electron chi connectivity index (χ3n) is 2.28. The van der Waals surface area contributed by atoms with Gasteiger partial charge in [-0.3, -0.25) is 5.41 Å². The smallest absolute Gasteiger partial charge is 0.0926 e. The minimum atomic E-state index is 0.327. The Labute approximate surface area is 74.2 Å². The maximum atomic E-state index is 7.52. The number of amidine groups is 1. The number of hydrogen-bond acceptors (Lipinski definition) is 2. The van der Waals surface area contributed by atoms with Gasteiger partial charge in [-0.15, -0.1) is 0 Å². The van der Waals surface area contributed by atoms with Crippen molar-refractivity contribution in [1.29, 1.82) is 5.41 Å². The van der Waals surface area contributed by atoms with Crippen LogP contribution in [0, 0.1) is 5.41 Å². The van der Waals surface area contributed by atoms with Gasteiger partial charge in [0.05, 0.1) is 11.9 Å². The Morgan fingerprint density at radius 2 is 2.42 bits per heavy atom. The molecule has 3 heteroatoms. The molecule has 1 saturated heterocycles. The summed E-state index contributed by atoms with van der Waals surface area (Å²) >= 11 is 0. The van der Waals surface area contributed by atoms with Crippen molar-refractivity contribution in [1.82, 2.24) is 4.90 Å². The van der Waals surface area contributed by atoms with Crippen LogP contribution in [0.25, 0.3) is 0 Å². The molecule has 1 unspecified atom stereocenters. The highest BCUT2D eigenvalue weighted by atomic mass is 16.5. The SMILES string of the molecule is CCC1CN(C(C)=N)CCCO1. The molecule has 0 aromatic carbocycles. The summed E-state index contributed by atoms with van der Waals surface area (Å²) in [4.78, 5) is 2.10.